The molecular formula is C27H25ClFN3O2. The van der Waals surface area contributed by atoms with Gasteiger partial charge in [-0.15, -0.1) is 0 Å². The van der Waals surface area contributed by atoms with E-state index in [2.05, 4.69) is 15.3 Å². The Morgan fingerprint density at radius 1 is 1.15 bits per heavy atom. The largest absolute Gasteiger partial charge is 0.388 e. The van der Waals surface area contributed by atoms with E-state index < -0.39 is 11.6 Å². The van der Waals surface area contributed by atoms with Gasteiger partial charge in [0.1, 0.15) is 5.82 Å². The molecule has 7 heteroatoms. The quantitative estimate of drug-likeness (QED) is 0.509. The zero-order valence-electron chi connectivity index (χ0n) is 18.9. The normalized spacial score (nSPS) is 14.4. The van der Waals surface area contributed by atoms with E-state index in [-0.39, 0.29) is 11.7 Å². The Kier molecular flexibility index (Phi) is 6.91. The summed E-state index contributed by atoms with van der Waals surface area (Å²) in [6.07, 6.45) is 3.91. The second-order valence-corrected chi connectivity index (χ2v) is 9.15. The van der Waals surface area contributed by atoms with Gasteiger partial charge in [-0.2, -0.15) is 0 Å². The van der Waals surface area contributed by atoms with Gasteiger partial charge in [-0.25, -0.2) is 4.39 Å². The van der Waals surface area contributed by atoms with Crippen molar-refractivity contribution in [2.45, 2.75) is 31.9 Å². The fourth-order valence-corrected chi connectivity index (χ4v) is 4.10. The first kappa shape index (κ1) is 23.8. The molecule has 0 radical (unpaired) electrons. The van der Waals surface area contributed by atoms with Crippen molar-refractivity contribution in [2.75, 3.05) is 6.54 Å². The Hall–Kier alpha value is -3.35. The highest BCUT2D eigenvalue weighted by Gasteiger charge is 2.30. The molecule has 0 aliphatic carbocycles. The molecule has 1 amide bonds. The summed E-state index contributed by atoms with van der Waals surface area (Å²) in [7, 11) is 0. The first-order valence-electron chi connectivity index (χ1n) is 11.0. The molecule has 0 spiro atoms. The number of benzene rings is 2. The van der Waals surface area contributed by atoms with Gasteiger partial charge in [0, 0.05) is 23.9 Å². The number of amides is 1. The van der Waals surface area contributed by atoms with Crippen LogP contribution in [0, 0.1) is 5.82 Å². The van der Waals surface area contributed by atoms with E-state index in [1.165, 1.54) is 12.1 Å². The second kappa shape index (κ2) is 9.87. The van der Waals surface area contributed by atoms with Crippen molar-refractivity contribution in [2.24, 2.45) is 4.99 Å². The van der Waals surface area contributed by atoms with Crippen LogP contribution in [0.15, 0.2) is 77.9 Å². The van der Waals surface area contributed by atoms with Crippen LogP contribution in [0.4, 0.5) is 4.39 Å². The molecule has 3 aromatic rings. The lowest BCUT2D eigenvalue weighted by atomic mass is 9.93. The summed E-state index contributed by atoms with van der Waals surface area (Å²) in [5.41, 5.74) is 2.80. The predicted molar refractivity (Wildman–Crippen MR) is 133 cm³/mol. The van der Waals surface area contributed by atoms with Gasteiger partial charge in [0.05, 0.1) is 34.5 Å². The zero-order valence-corrected chi connectivity index (χ0v) is 19.7. The fraction of sp³-hybridized carbons (Fsp3) is 0.222. The highest BCUT2D eigenvalue weighted by atomic mass is 35.5. The number of halogens is 2. The van der Waals surface area contributed by atoms with Gasteiger partial charge >= 0.3 is 0 Å². The van der Waals surface area contributed by atoms with E-state index in [9.17, 15) is 14.3 Å². The van der Waals surface area contributed by atoms with E-state index in [4.69, 9.17) is 11.6 Å². The van der Waals surface area contributed by atoms with E-state index in [1.54, 1.807) is 50.4 Å². The first-order valence-corrected chi connectivity index (χ1v) is 11.3. The molecule has 174 valence electrons. The third-order valence-corrected chi connectivity index (χ3v) is 6.07. The number of carbonyl (C=O) groups is 1. The van der Waals surface area contributed by atoms with Crippen molar-refractivity contribution in [1.82, 2.24) is 10.3 Å². The van der Waals surface area contributed by atoms with Crippen molar-refractivity contribution in [1.29, 1.82) is 0 Å². The number of nitrogens with one attached hydrogen (secondary N) is 1. The average Bonchev–Trinajstić information content (AvgIpc) is 3.28. The summed E-state index contributed by atoms with van der Waals surface area (Å²) in [5.74, 6) is -0.674. The van der Waals surface area contributed by atoms with Crippen LogP contribution >= 0.6 is 11.6 Å². The number of carbonyl (C=O) groups excluding carboxylic acids is 1. The van der Waals surface area contributed by atoms with Gasteiger partial charge in [-0.1, -0.05) is 35.9 Å². The molecule has 2 aromatic carbocycles. The number of pyridine rings is 1. The lowest BCUT2D eigenvalue weighted by Crippen LogP contribution is -2.50. The van der Waals surface area contributed by atoms with Crippen LogP contribution in [-0.4, -0.2) is 39.9 Å². The molecule has 0 bridgehead atoms. The SMILES string of the molecule is CC(C)(O)[C@@H](Cc1ccccn1)NC(=O)c1cccc(Cl)c1C1=NCC(c2ccc(F)cc2)=C1. The van der Waals surface area contributed by atoms with Crippen LogP contribution in [0.25, 0.3) is 5.57 Å². The van der Waals surface area contributed by atoms with Crippen LogP contribution in [0.5, 0.6) is 0 Å². The fourth-order valence-electron chi connectivity index (χ4n) is 3.83. The van der Waals surface area contributed by atoms with Crippen molar-refractivity contribution in [3.05, 3.63) is 106 Å². The van der Waals surface area contributed by atoms with Gasteiger partial charge in [0.25, 0.3) is 5.91 Å². The third kappa shape index (κ3) is 5.41. The molecule has 0 saturated heterocycles. The van der Waals surface area contributed by atoms with Gasteiger partial charge in [0.2, 0.25) is 0 Å². The highest BCUT2D eigenvalue weighted by molar-refractivity contribution is 6.37. The second-order valence-electron chi connectivity index (χ2n) is 8.75. The molecule has 1 atom stereocenters. The maximum absolute atomic E-state index is 13.4. The summed E-state index contributed by atoms with van der Waals surface area (Å²) in [6, 6.07) is 16.3. The lowest BCUT2D eigenvalue weighted by Gasteiger charge is -2.30. The van der Waals surface area contributed by atoms with E-state index in [1.807, 2.05) is 24.3 Å². The monoisotopic (exact) mass is 477 g/mol. The molecule has 1 aromatic heterocycles. The number of aliphatic imine (C=N–C) groups is 1. The molecule has 4 rings (SSSR count). The maximum atomic E-state index is 13.4. The maximum Gasteiger partial charge on any atom is 0.252 e. The molecule has 1 aliphatic rings. The Bertz CT molecular complexity index is 1250. The Labute approximate surface area is 203 Å². The summed E-state index contributed by atoms with van der Waals surface area (Å²) >= 11 is 6.53. The van der Waals surface area contributed by atoms with Gasteiger partial charge in [0.15, 0.2) is 0 Å². The van der Waals surface area contributed by atoms with E-state index in [0.717, 1.165) is 16.8 Å². The average molecular weight is 478 g/mol. The number of allylic oxidation sites excluding steroid dienone is 1. The third-order valence-electron chi connectivity index (χ3n) is 5.76. The molecule has 5 nitrogen and oxygen atoms in total. The van der Waals surface area contributed by atoms with Crippen LogP contribution in [0.1, 0.15) is 41.0 Å². The molecule has 2 N–H and O–H groups in total. The lowest BCUT2D eigenvalue weighted by molar-refractivity contribution is 0.0347. The molecule has 0 saturated carbocycles. The van der Waals surface area contributed by atoms with Crippen LogP contribution in [0.2, 0.25) is 5.02 Å². The number of nitrogens with zero attached hydrogens (tertiary/aromatic N) is 2. The molecule has 0 fully saturated rings. The summed E-state index contributed by atoms with van der Waals surface area (Å²) < 4.78 is 13.3. The predicted octanol–water partition coefficient (Wildman–Crippen LogP) is 4.87. The summed E-state index contributed by atoms with van der Waals surface area (Å²) in [4.78, 5) is 22.3. The highest BCUT2D eigenvalue weighted by Crippen LogP contribution is 2.28. The Morgan fingerprint density at radius 3 is 2.59 bits per heavy atom. The number of aromatic nitrogens is 1. The van der Waals surface area contributed by atoms with Crippen LogP contribution in [-0.2, 0) is 6.42 Å². The smallest absolute Gasteiger partial charge is 0.252 e. The summed E-state index contributed by atoms with van der Waals surface area (Å²) in [5, 5.41) is 14.1. The molecule has 0 unspecified atom stereocenters. The molecular weight excluding hydrogens is 453 g/mol. The van der Waals surface area contributed by atoms with Crippen LogP contribution in [0.3, 0.4) is 0 Å². The van der Waals surface area contributed by atoms with Crippen LogP contribution < -0.4 is 5.32 Å². The van der Waals surface area contributed by atoms with Crippen molar-refractivity contribution >= 4 is 28.8 Å². The standard InChI is InChI=1S/C27H25ClFN3O2/c1-27(2,34)24(15-20-6-3-4-13-30-20)32-26(33)21-7-5-8-22(28)25(21)23-14-18(16-31-23)17-9-11-19(29)12-10-17/h3-14,24,34H,15-16H2,1-2H3,(H,32,33)/t24-/m1/s1. The van der Waals surface area contributed by atoms with E-state index in [0.29, 0.717) is 34.8 Å². The van der Waals surface area contributed by atoms with Crippen molar-refractivity contribution in [3.63, 3.8) is 0 Å². The number of aliphatic hydroxyl groups is 1. The van der Waals surface area contributed by atoms with E-state index >= 15 is 0 Å². The Balaban J connectivity index is 1.62. The minimum Gasteiger partial charge on any atom is -0.388 e. The molecule has 2 heterocycles. The van der Waals surface area contributed by atoms with Crippen molar-refractivity contribution < 1.29 is 14.3 Å². The summed E-state index contributed by atoms with van der Waals surface area (Å²) in [6.45, 7) is 3.70. The van der Waals surface area contributed by atoms with Gasteiger partial charge in [-0.05, 0) is 67.5 Å². The van der Waals surface area contributed by atoms with Gasteiger partial charge < -0.3 is 10.4 Å². The van der Waals surface area contributed by atoms with Gasteiger partial charge in [-0.3, -0.25) is 14.8 Å². The Morgan fingerprint density at radius 2 is 1.91 bits per heavy atom. The zero-order chi connectivity index (χ0) is 24.3. The minimum absolute atomic E-state index is 0.305. The first-order chi connectivity index (χ1) is 16.2. The number of rotatable bonds is 7. The molecule has 34 heavy (non-hydrogen) atoms. The number of hydrogen-bond acceptors (Lipinski definition) is 4. The topological polar surface area (TPSA) is 74.6 Å². The minimum atomic E-state index is -1.19. The number of hydrogen-bond donors (Lipinski definition) is 2. The molecule has 1 aliphatic heterocycles. The van der Waals surface area contributed by atoms with Crippen molar-refractivity contribution in [3.8, 4) is 0 Å².